The largest absolute Gasteiger partial charge is 0.497 e. The number of benzene rings is 2. The minimum atomic E-state index is 0.815. The van der Waals surface area contributed by atoms with Crippen LogP contribution in [0.3, 0.4) is 0 Å². The Hall–Kier alpha value is -2.29. The first kappa shape index (κ1) is 12.2. The van der Waals surface area contributed by atoms with Crippen LogP contribution < -0.4 is 9.47 Å². The highest BCUT2D eigenvalue weighted by molar-refractivity contribution is 5.85. The molecule has 18 heavy (non-hydrogen) atoms. The van der Waals surface area contributed by atoms with Gasteiger partial charge in [-0.05, 0) is 36.4 Å². The normalized spacial score (nSPS) is 10.6. The molecule has 0 saturated heterocycles. The molecule has 0 aliphatic carbocycles. The first-order chi connectivity index (χ1) is 8.83. The van der Waals surface area contributed by atoms with Gasteiger partial charge in [0.15, 0.2) is 0 Å². The average molecular weight is 241 g/mol. The second-order valence-electron chi connectivity index (χ2n) is 3.70. The van der Waals surface area contributed by atoms with Crippen LogP contribution >= 0.6 is 0 Å². The molecule has 0 N–H and O–H groups in total. The lowest BCUT2D eigenvalue weighted by atomic mass is 10.2. The van der Waals surface area contributed by atoms with Gasteiger partial charge in [0, 0.05) is 11.8 Å². The fourth-order valence-electron chi connectivity index (χ4n) is 1.59. The van der Waals surface area contributed by atoms with E-state index < -0.39 is 0 Å². The zero-order valence-electron chi connectivity index (χ0n) is 10.5. The maximum absolute atomic E-state index is 5.26. The fraction of sp³-hybridized carbons (Fsp3) is 0.133. The first-order valence-electron chi connectivity index (χ1n) is 5.64. The van der Waals surface area contributed by atoms with Gasteiger partial charge >= 0.3 is 0 Å². The summed E-state index contributed by atoms with van der Waals surface area (Å²) in [5.41, 5.74) is 1.83. The molecule has 0 aromatic heterocycles. The molecule has 0 heterocycles. The summed E-state index contributed by atoms with van der Waals surface area (Å²) in [5, 5.41) is 0. The lowest BCUT2D eigenvalue weighted by Gasteiger charge is -2.03. The van der Waals surface area contributed by atoms with Gasteiger partial charge in [-0.1, -0.05) is 12.1 Å². The smallest absolute Gasteiger partial charge is 0.127 e. The van der Waals surface area contributed by atoms with Crippen molar-refractivity contribution in [3.8, 4) is 11.5 Å². The SMILES string of the molecule is COc1ccc(/N=C/c2ccccc2OC)cc1. The van der Waals surface area contributed by atoms with E-state index >= 15 is 0 Å². The number of nitrogens with zero attached hydrogens (tertiary/aromatic N) is 1. The Morgan fingerprint density at radius 2 is 1.61 bits per heavy atom. The first-order valence-corrected chi connectivity index (χ1v) is 5.64. The minimum Gasteiger partial charge on any atom is -0.497 e. The van der Waals surface area contributed by atoms with E-state index in [9.17, 15) is 0 Å². The molecule has 0 aliphatic heterocycles. The molecule has 0 saturated carbocycles. The molecule has 0 unspecified atom stereocenters. The van der Waals surface area contributed by atoms with Crippen LogP contribution in [-0.4, -0.2) is 20.4 Å². The molecule has 92 valence electrons. The van der Waals surface area contributed by atoms with E-state index in [0.29, 0.717) is 0 Å². The van der Waals surface area contributed by atoms with Crippen molar-refractivity contribution in [1.29, 1.82) is 0 Å². The van der Waals surface area contributed by atoms with E-state index in [2.05, 4.69) is 4.99 Å². The molecule has 0 spiro atoms. The zero-order valence-corrected chi connectivity index (χ0v) is 10.5. The van der Waals surface area contributed by atoms with E-state index in [1.807, 2.05) is 48.5 Å². The van der Waals surface area contributed by atoms with Crippen LogP contribution in [0.1, 0.15) is 5.56 Å². The molecule has 0 atom stereocenters. The van der Waals surface area contributed by atoms with Gasteiger partial charge in [0.25, 0.3) is 0 Å². The summed E-state index contributed by atoms with van der Waals surface area (Å²) in [5.74, 6) is 1.64. The van der Waals surface area contributed by atoms with Crippen LogP contribution in [-0.2, 0) is 0 Å². The monoisotopic (exact) mass is 241 g/mol. The zero-order chi connectivity index (χ0) is 12.8. The highest BCUT2D eigenvalue weighted by Gasteiger charge is 1.97. The summed E-state index contributed by atoms with van der Waals surface area (Å²) in [4.78, 5) is 4.40. The molecular weight excluding hydrogens is 226 g/mol. The van der Waals surface area contributed by atoms with Gasteiger partial charge in [-0.15, -0.1) is 0 Å². The predicted octanol–water partition coefficient (Wildman–Crippen LogP) is 3.45. The summed E-state index contributed by atoms with van der Waals surface area (Å²) in [7, 11) is 3.30. The van der Waals surface area contributed by atoms with Gasteiger partial charge < -0.3 is 9.47 Å². The van der Waals surface area contributed by atoms with Gasteiger partial charge in [0.05, 0.1) is 19.9 Å². The Bertz CT molecular complexity index is 532. The number of hydrogen-bond donors (Lipinski definition) is 0. The van der Waals surface area contributed by atoms with Crippen LogP contribution in [0, 0.1) is 0 Å². The lowest BCUT2D eigenvalue weighted by molar-refractivity contribution is 0.414. The summed E-state index contributed by atoms with van der Waals surface area (Å²) in [6.45, 7) is 0. The maximum atomic E-state index is 5.26. The van der Waals surface area contributed by atoms with Crippen molar-refractivity contribution in [2.45, 2.75) is 0 Å². The van der Waals surface area contributed by atoms with Crippen molar-refractivity contribution >= 4 is 11.9 Å². The van der Waals surface area contributed by atoms with Gasteiger partial charge in [-0.3, -0.25) is 4.99 Å². The third-order valence-corrected chi connectivity index (χ3v) is 2.56. The Morgan fingerprint density at radius 3 is 2.28 bits per heavy atom. The number of methoxy groups -OCH3 is 2. The quantitative estimate of drug-likeness (QED) is 0.767. The van der Waals surface area contributed by atoms with Crippen molar-refractivity contribution in [3.05, 3.63) is 54.1 Å². The molecule has 2 rings (SSSR count). The van der Waals surface area contributed by atoms with E-state index in [1.165, 1.54) is 0 Å². The fourth-order valence-corrected chi connectivity index (χ4v) is 1.59. The van der Waals surface area contributed by atoms with E-state index in [0.717, 1.165) is 22.7 Å². The Labute approximate surface area is 107 Å². The van der Waals surface area contributed by atoms with Gasteiger partial charge in [0.1, 0.15) is 11.5 Å². The molecule has 0 fully saturated rings. The average Bonchev–Trinajstić information content (AvgIpc) is 2.46. The molecule has 2 aromatic rings. The van der Waals surface area contributed by atoms with Crippen molar-refractivity contribution in [2.24, 2.45) is 4.99 Å². The minimum absolute atomic E-state index is 0.815. The summed E-state index contributed by atoms with van der Waals surface area (Å²) in [6.07, 6.45) is 1.79. The second-order valence-corrected chi connectivity index (χ2v) is 3.70. The van der Waals surface area contributed by atoms with Crippen LogP contribution in [0.5, 0.6) is 11.5 Å². The van der Waals surface area contributed by atoms with Crippen LogP contribution in [0.4, 0.5) is 5.69 Å². The van der Waals surface area contributed by atoms with Crippen molar-refractivity contribution in [2.75, 3.05) is 14.2 Å². The molecule has 3 heteroatoms. The predicted molar refractivity (Wildman–Crippen MR) is 73.2 cm³/mol. The van der Waals surface area contributed by atoms with Crippen LogP contribution in [0.15, 0.2) is 53.5 Å². The topological polar surface area (TPSA) is 30.8 Å². The van der Waals surface area contributed by atoms with Gasteiger partial charge in [-0.25, -0.2) is 0 Å². The van der Waals surface area contributed by atoms with Crippen molar-refractivity contribution in [3.63, 3.8) is 0 Å². The molecule has 2 aromatic carbocycles. The highest BCUT2D eigenvalue weighted by Crippen LogP contribution is 2.19. The Kier molecular flexibility index (Phi) is 3.97. The van der Waals surface area contributed by atoms with E-state index in [4.69, 9.17) is 9.47 Å². The summed E-state index contributed by atoms with van der Waals surface area (Å²) >= 11 is 0. The number of rotatable bonds is 4. The molecule has 3 nitrogen and oxygen atoms in total. The van der Waals surface area contributed by atoms with Crippen molar-refractivity contribution < 1.29 is 9.47 Å². The van der Waals surface area contributed by atoms with Gasteiger partial charge in [-0.2, -0.15) is 0 Å². The summed E-state index contributed by atoms with van der Waals surface area (Å²) in [6, 6.07) is 15.3. The van der Waals surface area contributed by atoms with Crippen LogP contribution in [0.2, 0.25) is 0 Å². The lowest BCUT2D eigenvalue weighted by Crippen LogP contribution is -1.89. The number of hydrogen-bond acceptors (Lipinski definition) is 3. The number of ether oxygens (including phenoxy) is 2. The molecule has 0 radical (unpaired) electrons. The highest BCUT2D eigenvalue weighted by atomic mass is 16.5. The van der Waals surface area contributed by atoms with E-state index in [-0.39, 0.29) is 0 Å². The molecule has 0 amide bonds. The summed E-state index contributed by atoms with van der Waals surface area (Å²) < 4.78 is 10.4. The number of para-hydroxylation sites is 1. The maximum Gasteiger partial charge on any atom is 0.127 e. The standard InChI is InChI=1S/C15H15NO2/c1-17-14-9-7-13(8-10-14)16-11-12-5-3-4-6-15(12)18-2/h3-11H,1-2H3/b16-11+. The molecule has 0 aliphatic rings. The molecular formula is C15H15NO2. The van der Waals surface area contributed by atoms with E-state index in [1.54, 1.807) is 20.4 Å². The third kappa shape index (κ3) is 2.88. The Morgan fingerprint density at radius 1 is 0.889 bits per heavy atom. The van der Waals surface area contributed by atoms with Crippen molar-refractivity contribution in [1.82, 2.24) is 0 Å². The molecule has 0 bridgehead atoms. The van der Waals surface area contributed by atoms with Crippen LogP contribution in [0.25, 0.3) is 0 Å². The van der Waals surface area contributed by atoms with Gasteiger partial charge in [0.2, 0.25) is 0 Å². The second kappa shape index (κ2) is 5.87. The number of aliphatic imine (C=N–C) groups is 1. The third-order valence-electron chi connectivity index (χ3n) is 2.56. The Balaban J connectivity index is 2.19.